The molecule has 2 fully saturated rings. The number of pyridine rings is 1. The summed E-state index contributed by atoms with van der Waals surface area (Å²) in [5, 5.41) is 8.46. The Bertz CT molecular complexity index is 1080. The van der Waals surface area contributed by atoms with Crippen LogP contribution in [0.3, 0.4) is 0 Å². The van der Waals surface area contributed by atoms with Crippen LogP contribution in [0.2, 0.25) is 0 Å². The van der Waals surface area contributed by atoms with Crippen molar-refractivity contribution in [3.05, 3.63) is 53.3 Å². The fourth-order valence-electron chi connectivity index (χ4n) is 3.83. The predicted molar refractivity (Wildman–Crippen MR) is 127 cm³/mol. The van der Waals surface area contributed by atoms with Crippen LogP contribution >= 0.6 is 23.5 Å². The van der Waals surface area contributed by atoms with Crippen molar-refractivity contribution in [3.8, 4) is 0 Å². The second-order valence-electron chi connectivity index (χ2n) is 8.30. The second kappa shape index (κ2) is 8.27. The van der Waals surface area contributed by atoms with Crippen LogP contribution in [0.1, 0.15) is 71.3 Å². The number of hydrogen-bond acceptors (Lipinski definition) is 5. The van der Waals surface area contributed by atoms with E-state index in [4.69, 9.17) is 4.98 Å². The quantitative estimate of drug-likeness (QED) is 0.528. The van der Waals surface area contributed by atoms with Crippen LogP contribution in [0.5, 0.6) is 0 Å². The third-order valence-corrected chi connectivity index (χ3v) is 8.57. The molecule has 0 spiro atoms. The number of carbonyl (C=O) groups excluding carboxylic acids is 1. The van der Waals surface area contributed by atoms with Crippen LogP contribution < -0.4 is 5.32 Å². The van der Waals surface area contributed by atoms with E-state index in [-0.39, 0.29) is 11.9 Å². The lowest BCUT2D eigenvalue weighted by Gasteiger charge is -2.21. The molecule has 156 valence electrons. The van der Waals surface area contributed by atoms with E-state index in [0.717, 1.165) is 35.3 Å². The molecule has 2 aromatic heterocycles. The van der Waals surface area contributed by atoms with Gasteiger partial charge >= 0.3 is 0 Å². The lowest BCUT2D eigenvalue weighted by Crippen LogP contribution is -2.14. The summed E-state index contributed by atoms with van der Waals surface area (Å²) in [6, 6.07) is 10.5. The molecule has 1 N–H and O–H groups in total. The summed E-state index contributed by atoms with van der Waals surface area (Å²) in [4.78, 5) is 18.2. The van der Waals surface area contributed by atoms with Crippen LogP contribution in [0.15, 0.2) is 36.5 Å². The summed E-state index contributed by atoms with van der Waals surface area (Å²) in [7, 11) is 0. The Hall–Kier alpha value is -1.99. The fraction of sp³-hybridized carbons (Fsp3) is 0.435. The van der Waals surface area contributed by atoms with Crippen molar-refractivity contribution in [2.24, 2.45) is 0 Å². The van der Waals surface area contributed by atoms with Crippen molar-refractivity contribution < 1.29 is 4.79 Å². The Balaban J connectivity index is 1.46. The van der Waals surface area contributed by atoms with Gasteiger partial charge in [-0.3, -0.25) is 4.79 Å². The smallest absolute Gasteiger partial charge is 0.256 e. The standard InChI is InChI=1S/C23H26N4OS2/c1-14(2)27-21-19(13-24-27)18(12-20(26-21)15-7-8-15)22(28)25-17-6-3-5-16(11-17)23-29-9-4-10-30-23/h3,5-6,11-15,23H,4,7-10H2,1-2H3,(H,25,28). The Morgan fingerprint density at radius 1 is 1.20 bits per heavy atom. The van der Waals surface area contributed by atoms with Crippen molar-refractivity contribution in [1.29, 1.82) is 0 Å². The molecule has 1 saturated heterocycles. The Morgan fingerprint density at radius 2 is 2.00 bits per heavy atom. The maximum Gasteiger partial charge on any atom is 0.256 e. The third-order valence-electron chi connectivity index (χ3n) is 5.56. The molecule has 1 amide bonds. The van der Waals surface area contributed by atoms with E-state index in [0.29, 0.717) is 16.1 Å². The zero-order valence-corrected chi connectivity index (χ0v) is 18.9. The molecular formula is C23H26N4OS2. The molecule has 30 heavy (non-hydrogen) atoms. The molecule has 1 aliphatic heterocycles. The fourth-order valence-corrected chi connectivity index (χ4v) is 6.71. The summed E-state index contributed by atoms with van der Waals surface area (Å²) in [5.74, 6) is 2.79. The number of hydrogen-bond donors (Lipinski definition) is 1. The van der Waals surface area contributed by atoms with Gasteiger partial charge in [0.15, 0.2) is 5.65 Å². The van der Waals surface area contributed by atoms with E-state index in [2.05, 4.69) is 36.4 Å². The van der Waals surface area contributed by atoms with Gasteiger partial charge in [0.2, 0.25) is 0 Å². The number of aromatic nitrogens is 3. The summed E-state index contributed by atoms with van der Waals surface area (Å²) >= 11 is 3.98. The van der Waals surface area contributed by atoms with Gasteiger partial charge in [0.1, 0.15) is 0 Å². The third kappa shape index (κ3) is 3.97. The van der Waals surface area contributed by atoms with Crippen LogP contribution in [0.25, 0.3) is 11.0 Å². The number of fused-ring (bicyclic) bond motifs is 1. The number of anilines is 1. The molecule has 3 heterocycles. The minimum atomic E-state index is -0.0892. The first-order valence-electron chi connectivity index (χ1n) is 10.6. The Kier molecular flexibility index (Phi) is 5.50. The monoisotopic (exact) mass is 438 g/mol. The van der Waals surface area contributed by atoms with Gasteiger partial charge in [0.05, 0.1) is 21.7 Å². The molecule has 0 bridgehead atoms. The molecule has 5 nitrogen and oxygen atoms in total. The molecular weight excluding hydrogens is 412 g/mol. The van der Waals surface area contributed by atoms with Gasteiger partial charge in [-0.2, -0.15) is 5.10 Å². The molecule has 0 unspecified atom stereocenters. The first kappa shape index (κ1) is 19.9. The Morgan fingerprint density at radius 3 is 2.73 bits per heavy atom. The van der Waals surface area contributed by atoms with Crippen molar-refractivity contribution in [2.45, 2.75) is 49.7 Å². The van der Waals surface area contributed by atoms with Crippen molar-refractivity contribution in [1.82, 2.24) is 14.8 Å². The first-order chi connectivity index (χ1) is 14.6. The molecule has 0 radical (unpaired) electrons. The lowest BCUT2D eigenvalue weighted by molar-refractivity contribution is 0.102. The largest absolute Gasteiger partial charge is 0.322 e. The predicted octanol–water partition coefficient (Wildman–Crippen LogP) is 6.01. The number of amides is 1. The van der Waals surface area contributed by atoms with Crippen LogP contribution in [0.4, 0.5) is 5.69 Å². The first-order valence-corrected chi connectivity index (χ1v) is 12.7. The van der Waals surface area contributed by atoms with Crippen LogP contribution in [0, 0.1) is 0 Å². The van der Waals surface area contributed by atoms with Crippen molar-refractivity contribution >= 4 is 46.2 Å². The number of carbonyl (C=O) groups is 1. The number of rotatable bonds is 5. The molecule has 1 saturated carbocycles. The SMILES string of the molecule is CC(C)n1ncc2c(C(=O)Nc3cccc(C4SCCCS4)c3)cc(C3CC3)nc21. The number of benzene rings is 1. The molecule has 1 aliphatic carbocycles. The molecule has 3 aromatic rings. The van der Waals surface area contributed by atoms with Crippen LogP contribution in [-0.2, 0) is 0 Å². The second-order valence-corrected chi connectivity index (χ2v) is 11.0. The van der Waals surface area contributed by atoms with Gasteiger partial charge in [-0.25, -0.2) is 9.67 Å². The number of nitrogens with one attached hydrogen (secondary N) is 1. The van der Waals surface area contributed by atoms with Gasteiger partial charge in [0.25, 0.3) is 5.91 Å². The van der Waals surface area contributed by atoms with Gasteiger partial charge in [-0.15, -0.1) is 23.5 Å². The highest BCUT2D eigenvalue weighted by atomic mass is 32.2. The van der Waals surface area contributed by atoms with Gasteiger partial charge in [0, 0.05) is 23.3 Å². The number of thioether (sulfide) groups is 2. The lowest BCUT2D eigenvalue weighted by atomic mass is 10.1. The topological polar surface area (TPSA) is 59.8 Å². The van der Waals surface area contributed by atoms with E-state index < -0.39 is 0 Å². The normalized spacial score (nSPS) is 17.6. The molecule has 2 aliphatic rings. The van der Waals surface area contributed by atoms with Gasteiger partial charge < -0.3 is 5.32 Å². The Labute approximate surface area is 185 Å². The maximum atomic E-state index is 13.3. The average Bonchev–Trinajstić information content (AvgIpc) is 3.52. The maximum absolute atomic E-state index is 13.3. The highest BCUT2D eigenvalue weighted by Crippen LogP contribution is 2.44. The molecule has 7 heteroatoms. The van der Waals surface area contributed by atoms with Crippen LogP contribution in [-0.4, -0.2) is 32.2 Å². The summed E-state index contributed by atoms with van der Waals surface area (Å²) in [6.45, 7) is 4.18. The molecule has 0 atom stereocenters. The molecule has 1 aromatic carbocycles. The van der Waals surface area contributed by atoms with Gasteiger partial charge in [-0.1, -0.05) is 12.1 Å². The number of nitrogens with zero attached hydrogens (tertiary/aromatic N) is 3. The minimum absolute atomic E-state index is 0.0892. The summed E-state index contributed by atoms with van der Waals surface area (Å²) in [6.07, 6.45) is 5.34. The van der Waals surface area contributed by atoms with Crippen molar-refractivity contribution in [2.75, 3.05) is 16.8 Å². The highest BCUT2D eigenvalue weighted by Gasteiger charge is 2.28. The minimum Gasteiger partial charge on any atom is -0.322 e. The van der Waals surface area contributed by atoms with E-state index in [1.807, 2.05) is 46.4 Å². The van der Waals surface area contributed by atoms with E-state index in [1.54, 1.807) is 6.20 Å². The molecule has 5 rings (SSSR count). The van der Waals surface area contributed by atoms with Gasteiger partial charge in [-0.05, 0) is 68.4 Å². The highest BCUT2D eigenvalue weighted by molar-refractivity contribution is 8.16. The summed E-state index contributed by atoms with van der Waals surface area (Å²) in [5.41, 5.74) is 4.61. The van der Waals surface area contributed by atoms with E-state index in [1.165, 1.54) is 23.5 Å². The van der Waals surface area contributed by atoms with E-state index >= 15 is 0 Å². The van der Waals surface area contributed by atoms with Crippen molar-refractivity contribution in [3.63, 3.8) is 0 Å². The van der Waals surface area contributed by atoms with E-state index in [9.17, 15) is 4.79 Å². The zero-order valence-electron chi connectivity index (χ0n) is 17.3. The average molecular weight is 439 g/mol. The summed E-state index contributed by atoms with van der Waals surface area (Å²) < 4.78 is 2.37. The zero-order chi connectivity index (χ0) is 20.7.